The van der Waals surface area contributed by atoms with Crippen molar-refractivity contribution in [3.8, 4) is 0 Å². The van der Waals surface area contributed by atoms with Crippen molar-refractivity contribution in [2.75, 3.05) is 20.6 Å². The van der Waals surface area contributed by atoms with Crippen LogP contribution in [0.15, 0.2) is 66.1 Å². The van der Waals surface area contributed by atoms with E-state index in [-0.39, 0.29) is 11.9 Å². The number of thioether (sulfide) groups is 1. The van der Waals surface area contributed by atoms with Gasteiger partial charge in [0, 0.05) is 23.9 Å². The van der Waals surface area contributed by atoms with Crippen LogP contribution in [0.1, 0.15) is 21.5 Å². The Morgan fingerprint density at radius 2 is 1.86 bits per heavy atom. The number of hydrogen-bond donors (Lipinski definition) is 2. The molecular formula is C21H25N5OS. The van der Waals surface area contributed by atoms with Crippen LogP contribution in [-0.2, 0) is 12.2 Å². The van der Waals surface area contributed by atoms with E-state index in [1.165, 1.54) is 11.9 Å². The van der Waals surface area contributed by atoms with Crippen LogP contribution in [0.2, 0.25) is 0 Å². The summed E-state index contributed by atoms with van der Waals surface area (Å²) in [6, 6.07) is 18.3. The maximum absolute atomic E-state index is 12.5. The van der Waals surface area contributed by atoms with Crippen molar-refractivity contribution < 1.29 is 4.79 Å². The molecule has 1 amide bonds. The number of aromatic nitrogens is 3. The zero-order valence-corrected chi connectivity index (χ0v) is 16.9. The monoisotopic (exact) mass is 395 g/mol. The third-order valence-corrected chi connectivity index (χ3v) is 5.48. The van der Waals surface area contributed by atoms with Crippen molar-refractivity contribution in [2.24, 2.45) is 0 Å². The number of likely N-dealkylation sites (N-methyl/N-ethyl adjacent to an activating group) is 1. The second kappa shape index (κ2) is 10.1. The number of benzene rings is 2. The van der Waals surface area contributed by atoms with E-state index in [1.807, 2.05) is 56.6 Å². The van der Waals surface area contributed by atoms with E-state index >= 15 is 0 Å². The van der Waals surface area contributed by atoms with Gasteiger partial charge in [-0.1, -0.05) is 54.2 Å². The van der Waals surface area contributed by atoms with Gasteiger partial charge in [0.2, 0.25) is 0 Å². The van der Waals surface area contributed by atoms with Crippen LogP contribution >= 0.6 is 11.8 Å². The highest BCUT2D eigenvalue weighted by Crippen LogP contribution is 2.18. The van der Waals surface area contributed by atoms with E-state index in [1.54, 1.807) is 11.8 Å². The molecule has 6 nitrogen and oxygen atoms in total. The van der Waals surface area contributed by atoms with Crippen molar-refractivity contribution in [2.45, 2.75) is 23.4 Å². The molecule has 0 radical (unpaired) electrons. The third kappa shape index (κ3) is 5.94. The van der Waals surface area contributed by atoms with Gasteiger partial charge in [0.15, 0.2) is 5.16 Å². The summed E-state index contributed by atoms with van der Waals surface area (Å²) in [4.78, 5) is 18.8. The number of aromatic amines is 1. The summed E-state index contributed by atoms with van der Waals surface area (Å²) in [6.07, 6.45) is 2.39. The minimum absolute atomic E-state index is 0.0469. The molecule has 28 heavy (non-hydrogen) atoms. The molecule has 1 atom stereocenters. The Morgan fingerprint density at radius 3 is 2.50 bits per heavy atom. The maximum Gasteiger partial charge on any atom is 0.251 e. The molecule has 0 unspecified atom stereocenters. The number of H-pyrrole nitrogens is 1. The van der Waals surface area contributed by atoms with E-state index in [4.69, 9.17) is 0 Å². The van der Waals surface area contributed by atoms with Crippen LogP contribution in [0.4, 0.5) is 0 Å². The summed E-state index contributed by atoms with van der Waals surface area (Å²) in [7, 11) is 4.08. The van der Waals surface area contributed by atoms with Gasteiger partial charge in [-0.25, -0.2) is 4.98 Å². The van der Waals surface area contributed by atoms with Gasteiger partial charge in [-0.3, -0.25) is 9.89 Å². The minimum atomic E-state index is -0.0469. The molecule has 0 spiro atoms. The number of carbonyl (C=O) groups is 1. The summed E-state index contributed by atoms with van der Waals surface area (Å²) in [5.41, 5.74) is 3.07. The topological polar surface area (TPSA) is 73.9 Å². The summed E-state index contributed by atoms with van der Waals surface area (Å²) in [6.45, 7) is 0.601. The van der Waals surface area contributed by atoms with Gasteiger partial charge in [0.25, 0.3) is 5.91 Å². The molecule has 0 bridgehead atoms. The van der Waals surface area contributed by atoms with Crippen molar-refractivity contribution in [1.29, 1.82) is 0 Å². The van der Waals surface area contributed by atoms with Gasteiger partial charge in [-0.05, 0) is 43.8 Å². The number of nitrogens with one attached hydrogen (secondary N) is 2. The SMILES string of the molecule is CN(C)[C@@H](CNC(=O)c1ccc(CSc2ncn[nH]2)cc1)Cc1ccccc1. The van der Waals surface area contributed by atoms with Crippen molar-refractivity contribution >= 4 is 17.7 Å². The lowest BCUT2D eigenvalue weighted by Gasteiger charge is -2.24. The summed E-state index contributed by atoms with van der Waals surface area (Å²) in [5.74, 6) is 0.728. The fourth-order valence-electron chi connectivity index (χ4n) is 2.80. The van der Waals surface area contributed by atoms with Crippen LogP contribution in [0.25, 0.3) is 0 Å². The predicted molar refractivity (Wildman–Crippen MR) is 112 cm³/mol. The van der Waals surface area contributed by atoms with Crippen LogP contribution in [0.5, 0.6) is 0 Å². The zero-order chi connectivity index (χ0) is 19.8. The predicted octanol–water partition coefficient (Wildman–Crippen LogP) is 3.00. The van der Waals surface area contributed by atoms with Crippen molar-refractivity contribution in [3.63, 3.8) is 0 Å². The molecule has 0 aliphatic heterocycles. The maximum atomic E-state index is 12.5. The van der Waals surface area contributed by atoms with Crippen molar-refractivity contribution in [1.82, 2.24) is 25.4 Å². The van der Waals surface area contributed by atoms with E-state index in [2.05, 4.69) is 37.5 Å². The van der Waals surface area contributed by atoms with E-state index in [0.29, 0.717) is 12.1 Å². The van der Waals surface area contributed by atoms with E-state index in [9.17, 15) is 4.79 Å². The molecule has 146 valence electrons. The third-order valence-electron chi connectivity index (χ3n) is 4.53. The standard InChI is InChI=1S/C21H25N5OS/c1-26(2)19(12-16-6-4-3-5-7-16)13-22-20(27)18-10-8-17(9-11-18)14-28-21-23-15-24-25-21/h3-11,15,19H,12-14H2,1-2H3,(H,22,27)(H,23,24,25)/t19-/m1/s1. The fraction of sp³-hybridized carbons (Fsp3) is 0.286. The van der Waals surface area contributed by atoms with Gasteiger partial charge < -0.3 is 10.2 Å². The zero-order valence-electron chi connectivity index (χ0n) is 16.1. The molecule has 0 saturated heterocycles. The average Bonchev–Trinajstić information content (AvgIpc) is 3.24. The van der Waals surface area contributed by atoms with Gasteiger partial charge in [-0.2, -0.15) is 5.10 Å². The Morgan fingerprint density at radius 1 is 1.11 bits per heavy atom. The molecule has 1 heterocycles. The quantitative estimate of drug-likeness (QED) is 0.545. The summed E-state index contributed by atoms with van der Waals surface area (Å²) >= 11 is 1.58. The van der Waals surface area contributed by atoms with Gasteiger partial charge in [0.05, 0.1) is 0 Å². The van der Waals surface area contributed by atoms with E-state index in [0.717, 1.165) is 22.9 Å². The Hall–Kier alpha value is -2.64. The number of hydrogen-bond acceptors (Lipinski definition) is 5. The van der Waals surface area contributed by atoms with Gasteiger partial charge in [-0.15, -0.1) is 0 Å². The van der Waals surface area contributed by atoms with Gasteiger partial charge in [0.1, 0.15) is 6.33 Å². The number of carbonyl (C=O) groups excluding carboxylic acids is 1. The minimum Gasteiger partial charge on any atom is -0.350 e. The fourth-order valence-corrected chi connectivity index (χ4v) is 3.54. The molecule has 1 aromatic heterocycles. The smallest absolute Gasteiger partial charge is 0.251 e. The molecule has 7 heteroatoms. The number of nitrogens with zero attached hydrogens (tertiary/aromatic N) is 3. The molecule has 3 rings (SSSR count). The first-order valence-electron chi connectivity index (χ1n) is 9.17. The highest BCUT2D eigenvalue weighted by atomic mass is 32.2. The second-order valence-corrected chi connectivity index (χ2v) is 7.76. The lowest BCUT2D eigenvalue weighted by Crippen LogP contribution is -2.41. The normalized spacial score (nSPS) is 12.1. The first-order chi connectivity index (χ1) is 13.6. The Kier molecular flexibility index (Phi) is 7.22. The first kappa shape index (κ1) is 20.1. The molecule has 2 N–H and O–H groups in total. The number of rotatable bonds is 9. The molecular weight excluding hydrogens is 370 g/mol. The lowest BCUT2D eigenvalue weighted by atomic mass is 10.0. The average molecular weight is 396 g/mol. The highest BCUT2D eigenvalue weighted by molar-refractivity contribution is 7.98. The van der Waals surface area contributed by atoms with Crippen LogP contribution in [0.3, 0.4) is 0 Å². The molecule has 0 saturated carbocycles. The Balaban J connectivity index is 1.51. The van der Waals surface area contributed by atoms with Crippen molar-refractivity contribution in [3.05, 3.63) is 77.6 Å². The highest BCUT2D eigenvalue weighted by Gasteiger charge is 2.14. The Bertz CT molecular complexity index is 850. The largest absolute Gasteiger partial charge is 0.350 e. The molecule has 2 aromatic carbocycles. The van der Waals surface area contributed by atoms with Crippen LogP contribution in [0, 0.1) is 0 Å². The molecule has 0 aliphatic carbocycles. The molecule has 3 aromatic rings. The Labute approximate surface area is 169 Å². The van der Waals surface area contributed by atoms with E-state index < -0.39 is 0 Å². The van der Waals surface area contributed by atoms with Gasteiger partial charge >= 0.3 is 0 Å². The summed E-state index contributed by atoms with van der Waals surface area (Å²) < 4.78 is 0. The van der Waals surface area contributed by atoms with Crippen LogP contribution in [-0.4, -0.2) is 52.7 Å². The number of amides is 1. The lowest BCUT2D eigenvalue weighted by molar-refractivity contribution is 0.0941. The summed E-state index contributed by atoms with van der Waals surface area (Å²) in [5, 5.41) is 10.5. The molecule has 0 fully saturated rings. The van der Waals surface area contributed by atoms with Crippen LogP contribution < -0.4 is 5.32 Å². The first-order valence-corrected chi connectivity index (χ1v) is 10.2. The second-order valence-electron chi connectivity index (χ2n) is 6.79. The molecule has 0 aliphatic rings.